The topological polar surface area (TPSA) is 94.1 Å². The second-order valence-corrected chi connectivity index (χ2v) is 9.62. The summed E-state index contributed by atoms with van der Waals surface area (Å²) < 4.78 is 0. The third-order valence-electron chi connectivity index (χ3n) is 7.45. The Balaban J connectivity index is 1.11. The molecular formula is C27H31N5O4. The van der Waals surface area contributed by atoms with Crippen molar-refractivity contribution in [3.8, 4) is 0 Å². The van der Waals surface area contributed by atoms with Gasteiger partial charge in [0.15, 0.2) is 5.78 Å². The van der Waals surface area contributed by atoms with Gasteiger partial charge in [0.2, 0.25) is 17.7 Å². The number of hydrogen-bond acceptors (Lipinski definition) is 6. The van der Waals surface area contributed by atoms with Crippen molar-refractivity contribution in [2.24, 2.45) is 0 Å². The summed E-state index contributed by atoms with van der Waals surface area (Å²) in [6, 6.07) is 12.9. The highest BCUT2D eigenvalue weighted by Crippen LogP contribution is 2.31. The highest BCUT2D eigenvalue weighted by Gasteiger charge is 2.51. The lowest BCUT2D eigenvalue weighted by atomic mass is 10.1. The van der Waals surface area contributed by atoms with Gasteiger partial charge >= 0.3 is 0 Å². The smallest absolute Gasteiger partial charge is 0.227 e. The van der Waals surface area contributed by atoms with Crippen molar-refractivity contribution in [2.45, 2.75) is 37.8 Å². The standard InChI is InChI=1S/C27H31N5O4/c33-23-19-32(26(36)17-20-5-4-11-28-18-20)22-10-12-31(27(22)23)25(35)9-8-24(34)30-15-13-29(14-16-30)21-6-2-1-3-7-21/h1-7,11,18,22,27H,8-10,12-17,19H2. The van der Waals surface area contributed by atoms with Gasteiger partial charge in [-0.3, -0.25) is 24.2 Å². The minimum absolute atomic E-state index is 0.0298. The second-order valence-electron chi connectivity index (χ2n) is 9.62. The number of piperazine rings is 1. The van der Waals surface area contributed by atoms with Crippen LogP contribution >= 0.6 is 0 Å². The number of hydrogen-bond donors (Lipinski definition) is 0. The Morgan fingerprint density at radius 2 is 1.58 bits per heavy atom. The summed E-state index contributed by atoms with van der Waals surface area (Å²) in [5.74, 6) is -0.441. The molecule has 0 radical (unpaired) electrons. The Labute approximate surface area is 210 Å². The lowest BCUT2D eigenvalue weighted by Crippen LogP contribution is -2.49. The SMILES string of the molecule is O=C1CN(C(=O)Cc2cccnc2)C2CCN(C(=O)CCC(=O)N3CCN(c4ccccc4)CC3)C12. The monoisotopic (exact) mass is 489 g/mol. The molecule has 2 unspecified atom stereocenters. The van der Waals surface area contributed by atoms with Crippen molar-refractivity contribution in [1.29, 1.82) is 0 Å². The van der Waals surface area contributed by atoms with E-state index in [1.807, 2.05) is 29.2 Å². The average molecular weight is 490 g/mol. The molecule has 3 aliphatic rings. The second kappa shape index (κ2) is 10.5. The van der Waals surface area contributed by atoms with E-state index in [4.69, 9.17) is 0 Å². The van der Waals surface area contributed by atoms with Crippen LogP contribution in [0.2, 0.25) is 0 Å². The molecule has 2 aromatic rings. The zero-order valence-electron chi connectivity index (χ0n) is 20.3. The van der Waals surface area contributed by atoms with E-state index >= 15 is 0 Å². The van der Waals surface area contributed by atoms with Gasteiger partial charge in [-0.05, 0) is 30.2 Å². The van der Waals surface area contributed by atoms with Crippen LogP contribution < -0.4 is 4.90 Å². The molecule has 3 aliphatic heterocycles. The fourth-order valence-corrected chi connectivity index (χ4v) is 5.57. The molecule has 9 nitrogen and oxygen atoms in total. The van der Waals surface area contributed by atoms with Crippen molar-refractivity contribution in [2.75, 3.05) is 44.2 Å². The van der Waals surface area contributed by atoms with Crippen LogP contribution in [0.1, 0.15) is 24.8 Å². The molecule has 4 heterocycles. The molecule has 0 bridgehead atoms. The lowest BCUT2D eigenvalue weighted by molar-refractivity contribution is -0.139. The third kappa shape index (κ3) is 4.96. The number of amides is 3. The van der Waals surface area contributed by atoms with Crippen molar-refractivity contribution in [3.63, 3.8) is 0 Å². The minimum atomic E-state index is -0.597. The number of nitrogens with zero attached hydrogens (tertiary/aromatic N) is 5. The molecule has 3 saturated heterocycles. The van der Waals surface area contributed by atoms with Gasteiger partial charge in [0.05, 0.1) is 19.0 Å². The Morgan fingerprint density at radius 3 is 2.31 bits per heavy atom. The quantitative estimate of drug-likeness (QED) is 0.604. The number of benzene rings is 1. The molecule has 0 spiro atoms. The number of para-hydroxylation sites is 1. The summed E-state index contributed by atoms with van der Waals surface area (Å²) in [5, 5.41) is 0. The molecule has 1 aromatic carbocycles. The van der Waals surface area contributed by atoms with Gasteiger partial charge in [0.25, 0.3) is 0 Å². The summed E-state index contributed by atoms with van der Waals surface area (Å²) in [6.07, 6.45) is 4.28. The number of rotatable bonds is 6. The fraction of sp³-hybridized carbons (Fsp3) is 0.444. The summed E-state index contributed by atoms with van der Waals surface area (Å²) in [7, 11) is 0. The summed E-state index contributed by atoms with van der Waals surface area (Å²) in [5.41, 5.74) is 1.95. The van der Waals surface area contributed by atoms with Gasteiger partial charge in [-0.15, -0.1) is 0 Å². The number of Topliss-reactive ketones (excluding diaryl/α,β-unsaturated/α-hetero) is 1. The van der Waals surface area contributed by atoms with Gasteiger partial charge in [-0.2, -0.15) is 0 Å². The molecule has 2 atom stereocenters. The summed E-state index contributed by atoms with van der Waals surface area (Å²) in [6.45, 7) is 3.24. The van der Waals surface area contributed by atoms with Crippen molar-refractivity contribution >= 4 is 29.2 Å². The van der Waals surface area contributed by atoms with Crippen LogP contribution in [0, 0.1) is 0 Å². The zero-order valence-corrected chi connectivity index (χ0v) is 20.3. The molecule has 1 aromatic heterocycles. The van der Waals surface area contributed by atoms with E-state index in [1.54, 1.807) is 28.3 Å². The molecule has 3 fully saturated rings. The third-order valence-corrected chi connectivity index (χ3v) is 7.45. The Morgan fingerprint density at radius 1 is 0.833 bits per heavy atom. The maximum absolute atomic E-state index is 13.0. The first-order chi connectivity index (χ1) is 17.5. The van der Waals surface area contributed by atoms with Crippen LogP contribution in [-0.4, -0.2) is 94.5 Å². The number of carbonyl (C=O) groups excluding carboxylic acids is 4. The summed E-state index contributed by atoms with van der Waals surface area (Å²) >= 11 is 0. The van der Waals surface area contributed by atoms with Gasteiger partial charge in [-0.25, -0.2) is 0 Å². The molecule has 9 heteroatoms. The van der Waals surface area contributed by atoms with Crippen molar-refractivity contribution in [1.82, 2.24) is 19.7 Å². The van der Waals surface area contributed by atoms with Gasteiger partial charge < -0.3 is 19.6 Å². The van der Waals surface area contributed by atoms with Crippen molar-refractivity contribution in [3.05, 3.63) is 60.4 Å². The van der Waals surface area contributed by atoms with E-state index in [0.717, 1.165) is 24.3 Å². The van der Waals surface area contributed by atoms with Crippen LogP contribution in [0.15, 0.2) is 54.9 Å². The van der Waals surface area contributed by atoms with E-state index in [-0.39, 0.29) is 55.4 Å². The van der Waals surface area contributed by atoms with Gasteiger partial charge in [0, 0.05) is 63.6 Å². The maximum Gasteiger partial charge on any atom is 0.227 e. The number of pyridine rings is 1. The first kappa shape index (κ1) is 24.0. The fourth-order valence-electron chi connectivity index (χ4n) is 5.57. The number of carbonyl (C=O) groups is 4. The predicted molar refractivity (Wildman–Crippen MR) is 133 cm³/mol. The van der Waals surface area contributed by atoms with E-state index in [0.29, 0.717) is 26.1 Å². The van der Waals surface area contributed by atoms with E-state index < -0.39 is 6.04 Å². The Hall–Kier alpha value is -3.75. The normalized spacial score (nSPS) is 21.6. The maximum atomic E-state index is 13.0. The van der Waals surface area contributed by atoms with Gasteiger partial charge in [0.1, 0.15) is 6.04 Å². The molecule has 0 aliphatic carbocycles. The molecule has 0 saturated carbocycles. The first-order valence-electron chi connectivity index (χ1n) is 12.6. The molecular weight excluding hydrogens is 458 g/mol. The van der Waals surface area contributed by atoms with E-state index in [9.17, 15) is 19.2 Å². The lowest BCUT2D eigenvalue weighted by Gasteiger charge is -2.36. The number of ketones is 1. The van der Waals surface area contributed by atoms with E-state index in [1.165, 1.54) is 0 Å². The van der Waals surface area contributed by atoms with Crippen LogP contribution in [0.3, 0.4) is 0 Å². The Bertz CT molecular complexity index is 1120. The average Bonchev–Trinajstić information content (AvgIpc) is 3.49. The largest absolute Gasteiger partial charge is 0.368 e. The highest BCUT2D eigenvalue weighted by molar-refractivity contribution is 5.98. The number of fused-ring (bicyclic) bond motifs is 1. The summed E-state index contributed by atoms with van der Waals surface area (Å²) in [4.78, 5) is 62.8. The molecule has 188 valence electrons. The van der Waals surface area contributed by atoms with E-state index in [2.05, 4.69) is 22.0 Å². The van der Waals surface area contributed by atoms with Crippen LogP contribution in [-0.2, 0) is 25.6 Å². The number of anilines is 1. The van der Waals surface area contributed by atoms with Gasteiger partial charge in [-0.1, -0.05) is 24.3 Å². The molecule has 0 N–H and O–H groups in total. The molecule has 5 rings (SSSR count). The minimum Gasteiger partial charge on any atom is -0.368 e. The van der Waals surface area contributed by atoms with Crippen LogP contribution in [0.25, 0.3) is 0 Å². The predicted octanol–water partition coefficient (Wildman–Crippen LogP) is 1.13. The molecule has 3 amide bonds. The first-order valence-corrected chi connectivity index (χ1v) is 12.6. The van der Waals surface area contributed by atoms with Crippen molar-refractivity contribution < 1.29 is 19.2 Å². The van der Waals surface area contributed by atoms with Crippen LogP contribution in [0.4, 0.5) is 5.69 Å². The molecule has 36 heavy (non-hydrogen) atoms. The zero-order chi connectivity index (χ0) is 25.1. The number of aromatic nitrogens is 1. The van der Waals surface area contributed by atoms with Crippen LogP contribution in [0.5, 0.6) is 0 Å². The highest BCUT2D eigenvalue weighted by atomic mass is 16.2. The number of likely N-dealkylation sites (tertiary alicyclic amines) is 2. The Kier molecular flexibility index (Phi) is 6.97.